The van der Waals surface area contributed by atoms with Gasteiger partial charge in [0.1, 0.15) is 5.82 Å². The first-order valence-corrected chi connectivity index (χ1v) is 10.1. The van der Waals surface area contributed by atoms with E-state index >= 15 is 0 Å². The third-order valence-electron chi connectivity index (χ3n) is 5.92. The van der Waals surface area contributed by atoms with E-state index in [0.717, 1.165) is 50.3 Å². The molecule has 3 aliphatic heterocycles. The molecule has 0 aromatic carbocycles. The van der Waals surface area contributed by atoms with Crippen molar-refractivity contribution in [1.82, 2.24) is 14.9 Å². The minimum Gasteiger partial charge on any atom is -0.395 e. The summed E-state index contributed by atoms with van der Waals surface area (Å²) in [4.78, 5) is 14.5. The minimum absolute atomic E-state index is 0.0800. The molecular formula is C19H31N5O2. The van der Waals surface area contributed by atoms with Gasteiger partial charge in [-0.25, -0.2) is 4.98 Å². The molecule has 0 unspecified atom stereocenters. The Kier molecular flexibility index (Phi) is 5.87. The van der Waals surface area contributed by atoms with Crippen molar-refractivity contribution in [2.75, 3.05) is 62.8 Å². The van der Waals surface area contributed by atoms with E-state index in [1.807, 2.05) is 0 Å². The molecule has 0 amide bonds. The van der Waals surface area contributed by atoms with Gasteiger partial charge in [-0.2, -0.15) is 4.98 Å². The maximum absolute atomic E-state index is 9.11. The van der Waals surface area contributed by atoms with E-state index in [-0.39, 0.29) is 6.61 Å². The maximum atomic E-state index is 9.11. The van der Waals surface area contributed by atoms with E-state index < -0.39 is 0 Å². The van der Waals surface area contributed by atoms with Crippen LogP contribution >= 0.6 is 0 Å². The lowest BCUT2D eigenvalue weighted by Crippen LogP contribution is -2.44. The van der Waals surface area contributed by atoms with Crippen LogP contribution in [0.25, 0.3) is 0 Å². The number of aliphatic hydroxyl groups excluding tert-OH is 1. The Labute approximate surface area is 155 Å². The van der Waals surface area contributed by atoms with E-state index in [1.165, 1.54) is 38.8 Å². The highest BCUT2D eigenvalue weighted by Gasteiger charge is 2.28. The average molecular weight is 361 g/mol. The van der Waals surface area contributed by atoms with Gasteiger partial charge in [-0.05, 0) is 45.2 Å². The van der Waals surface area contributed by atoms with Gasteiger partial charge in [0.05, 0.1) is 18.9 Å². The van der Waals surface area contributed by atoms with E-state index in [1.54, 1.807) is 0 Å². The molecular weight excluding hydrogens is 330 g/mol. The van der Waals surface area contributed by atoms with E-state index in [0.29, 0.717) is 18.4 Å². The van der Waals surface area contributed by atoms with Crippen LogP contribution in [0.15, 0.2) is 6.07 Å². The van der Waals surface area contributed by atoms with Crippen LogP contribution in [0.4, 0.5) is 11.8 Å². The molecule has 144 valence electrons. The van der Waals surface area contributed by atoms with Gasteiger partial charge in [-0.1, -0.05) is 0 Å². The molecule has 0 bridgehead atoms. The number of anilines is 2. The van der Waals surface area contributed by atoms with Crippen LogP contribution in [-0.2, 0) is 4.74 Å². The van der Waals surface area contributed by atoms with Gasteiger partial charge in [0.2, 0.25) is 5.95 Å². The van der Waals surface area contributed by atoms with Crippen molar-refractivity contribution in [1.29, 1.82) is 0 Å². The van der Waals surface area contributed by atoms with Crippen LogP contribution in [-0.4, -0.2) is 78.6 Å². The zero-order chi connectivity index (χ0) is 17.8. The molecule has 0 saturated carbocycles. The van der Waals surface area contributed by atoms with E-state index in [9.17, 15) is 0 Å². The molecule has 1 aromatic heterocycles. The second-order valence-corrected chi connectivity index (χ2v) is 7.65. The summed E-state index contributed by atoms with van der Waals surface area (Å²) in [7, 11) is 0. The fourth-order valence-corrected chi connectivity index (χ4v) is 4.41. The minimum atomic E-state index is 0.0800. The van der Waals surface area contributed by atoms with Crippen LogP contribution in [0, 0.1) is 0 Å². The van der Waals surface area contributed by atoms with Gasteiger partial charge in [-0.3, -0.25) is 0 Å². The van der Waals surface area contributed by atoms with Crippen LogP contribution in [0.1, 0.15) is 43.7 Å². The Morgan fingerprint density at radius 2 is 1.92 bits per heavy atom. The van der Waals surface area contributed by atoms with Crippen LogP contribution in [0.5, 0.6) is 0 Å². The number of nitrogens with zero attached hydrogens (tertiary/aromatic N) is 4. The fraction of sp³-hybridized carbons (Fsp3) is 0.789. The van der Waals surface area contributed by atoms with Gasteiger partial charge in [0.25, 0.3) is 0 Å². The topological polar surface area (TPSA) is 73.8 Å². The summed E-state index contributed by atoms with van der Waals surface area (Å²) in [5, 5.41) is 12.2. The summed E-state index contributed by atoms with van der Waals surface area (Å²) in [6, 6.07) is 2.89. The predicted octanol–water partition coefficient (Wildman–Crippen LogP) is 1.45. The summed E-state index contributed by atoms with van der Waals surface area (Å²) in [6.45, 7) is 6.77. The molecule has 3 saturated heterocycles. The number of aromatic nitrogens is 2. The second-order valence-electron chi connectivity index (χ2n) is 7.65. The SMILES string of the molecule is OCCNc1nc([C@H]2CCOC2)cc(N2CCC(N3CCCC3)CC2)n1. The first-order valence-electron chi connectivity index (χ1n) is 10.1. The van der Waals surface area contributed by atoms with Crippen molar-refractivity contribution in [3.63, 3.8) is 0 Å². The van der Waals surface area contributed by atoms with Gasteiger partial charge >= 0.3 is 0 Å². The first-order chi connectivity index (χ1) is 12.8. The Bertz CT molecular complexity index is 579. The van der Waals surface area contributed by atoms with Crippen molar-refractivity contribution >= 4 is 11.8 Å². The van der Waals surface area contributed by atoms with Gasteiger partial charge < -0.3 is 25.0 Å². The Balaban J connectivity index is 1.46. The van der Waals surface area contributed by atoms with Crippen LogP contribution in [0.2, 0.25) is 0 Å². The van der Waals surface area contributed by atoms with E-state index in [2.05, 4.69) is 26.2 Å². The van der Waals surface area contributed by atoms with Crippen molar-refractivity contribution in [3.05, 3.63) is 11.8 Å². The quantitative estimate of drug-likeness (QED) is 0.794. The van der Waals surface area contributed by atoms with Crippen molar-refractivity contribution < 1.29 is 9.84 Å². The lowest BCUT2D eigenvalue weighted by atomic mass is 10.0. The number of ether oxygens (including phenoxy) is 1. The molecule has 7 nitrogen and oxygen atoms in total. The Hall–Kier alpha value is -1.44. The monoisotopic (exact) mass is 361 g/mol. The molecule has 0 aliphatic carbocycles. The van der Waals surface area contributed by atoms with Crippen molar-refractivity contribution in [2.24, 2.45) is 0 Å². The molecule has 3 fully saturated rings. The summed E-state index contributed by atoms with van der Waals surface area (Å²) in [5.41, 5.74) is 1.06. The third kappa shape index (κ3) is 4.10. The lowest BCUT2D eigenvalue weighted by molar-refractivity contribution is 0.193. The molecule has 1 aromatic rings. The fourth-order valence-electron chi connectivity index (χ4n) is 4.41. The standard InChI is InChI=1S/C19H31N5O2/c25-11-6-20-19-21-17(15-5-12-26-14-15)13-18(22-19)24-9-3-16(4-10-24)23-7-1-2-8-23/h13,15-16,25H,1-12,14H2,(H,20,21,22)/t15-/m0/s1. The van der Waals surface area contributed by atoms with E-state index in [4.69, 9.17) is 14.8 Å². The Morgan fingerprint density at radius 1 is 1.12 bits per heavy atom. The van der Waals surface area contributed by atoms with Gasteiger partial charge in [0, 0.05) is 44.3 Å². The number of aliphatic hydroxyl groups is 1. The number of nitrogens with one attached hydrogen (secondary N) is 1. The largest absolute Gasteiger partial charge is 0.395 e. The highest BCUT2D eigenvalue weighted by Crippen LogP contribution is 2.29. The molecule has 26 heavy (non-hydrogen) atoms. The summed E-state index contributed by atoms with van der Waals surface area (Å²) in [6.07, 6.45) is 6.17. The third-order valence-corrected chi connectivity index (χ3v) is 5.92. The zero-order valence-electron chi connectivity index (χ0n) is 15.6. The maximum Gasteiger partial charge on any atom is 0.224 e. The zero-order valence-corrected chi connectivity index (χ0v) is 15.6. The predicted molar refractivity (Wildman–Crippen MR) is 102 cm³/mol. The van der Waals surface area contributed by atoms with Crippen molar-refractivity contribution in [2.45, 2.75) is 44.1 Å². The lowest BCUT2D eigenvalue weighted by Gasteiger charge is -2.37. The highest BCUT2D eigenvalue weighted by molar-refractivity contribution is 5.46. The molecule has 0 radical (unpaired) electrons. The molecule has 0 spiro atoms. The number of rotatable bonds is 6. The summed E-state index contributed by atoms with van der Waals surface area (Å²) >= 11 is 0. The number of hydrogen-bond donors (Lipinski definition) is 2. The smallest absolute Gasteiger partial charge is 0.224 e. The van der Waals surface area contributed by atoms with Crippen molar-refractivity contribution in [3.8, 4) is 0 Å². The second kappa shape index (κ2) is 8.50. The highest BCUT2D eigenvalue weighted by atomic mass is 16.5. The first kappa shape index (κ1) is 17.9. The number of likely N-dealkylation sites (tertiary alicyclic amines) is 1. The number of hydrogen-bond acceptors (Lipinski definition) is 7. The van der Waals surface area contributed by atoms with Crippen LogP contribution in [0.3, 0.4) is 0 Å². The normalized spacial score (nSPS) is 25.1. The van der Waals surface area contributed by atoms with Gasteiger partial charge in [-0.15, -0.1) is 0 Å². The molecule has 4 rings (SSSR count). The van der Waals surface area contributed by atoms with Crippen LogP contribution < -0.4 is 10.2 Å². The molecule has 2 N–H and O–H groups in total. The average Bonchev–Trinajstić information content (AvgIpc) is 3.40. The Morgan fingerprint density at radius 3 is 2.62 bits per heavy atom. The summed E-state index contributed by atoms with van der Waals surface area (Å²) in [5.74, 6) is 2.00. The molecule has 4 heterocycles. The molecule has 7 heteroatoms. The van der Waals surface area contributed by atoms with Gasteiger partial charge in [0.15, 0.2) is 0 Å². The molecule has 1 atom stereocenters. The summed E-state index contributed by atoms with van der Waals surface area (Å²) < 4.78 is 5.55. The molecule has 3 aliphatic rings. The number of piperidine rings is 1.